The first-order valence-electron chi connectivity index (χ1n) is 7.84. The molecule has 2 N–H and O–H groups in total. The average Bonchev–Trinajstić information content (AvgIpc) is 2.83. The molecule has 1 aromatic heterocycles. The maximum atomic E-state index is 6.47. The molecule has 4 rings (SSSR count). The monoisotopic (exact) mass is 390 g/mol. The third-order valence-electron chi connectivity index (χ3n) is 4.65. The maximum absolute atomic E-state index is 6.47. The van der Waals surface area contributed by atoms with E-state index in [9.17, 15) is 0 Å². The third-order valence-corrected chi connectivity index (χ3v) is 5.14. The summed E-state index contributed by atoms with van der Waals surface area (Å²) >= 11 is 3.61. The summed E-state index contributed by atoms with van der Waals surface area (Å²) in [5.41, 5.74) is 11.9. The molecule has 120 valence electrons. The van der Waals surface area contributed by atoms with Crippen molar-refractivity contribution in [3.8, 4) is 0 Å². The van der Waals surface area contributed by atoms with E-state index < -0.39 is 0 Å². The molecule has 23 heavy (non-hydrogen) atoms. The zero-order chi connectivity index (χ0) is 15.1. The number of aromatic nitrogens is 1. The zero-order valence-corrected chi connectivity index (χ0v) is 15.2. The van der Waals surface area contributed by atoms with Crippen molar-refractivity contribution in [1.82, 2.24) is 4.57 Å². The average molecular weight is 392 g/mol. The molecule has 2 nitrogen and oxygen atoms in total. The van der Waals surface area contributed by atoms with Crippen molar-refractivity contribution in [2.24, 2.45) is 5.73 Å². The Morgan fingerprint density at radius 1 is 1.13 bits per heavy atom. The van der Waals surface area contributed by atoms with Gasteiger partial charge in [0.05, 0.1) is 0 Å². The van der Waals surface area contributed by atoms with E-state index in [1.54, 1.807) is 0 Å². The van der Waals surface area contributed by atoms with Gasteiger partial charge in [0, 0.05) is 33.7 Å². The Balaban J connectivity index is 0.00000156. The molecule has 0 saturated heterocycles. The van der Waals surface area contributed by atoms with E-state index in [4.69, 9.17) is 5.73 Å². The summed E-state index contributed by atoms with van der Waals surface area (Å²) in [4.78, 5) is 0. The molecular weight excluding hydrogens is 372 g/mol. The van der Waals surface area contributed by atoms with Crippen molar-refractivity contribution in [1.29, 1.82) is 0 Å². The van der Waals surface area contributed by atoms with E-state index in [-0.39, 0.29) is 18.4 Å². The molecule has 1 aliphatic carbocycles. The molecule has 0 saturated carbocycles. The van der Waals surface area contributed by atoms with Crippen LogP contribution in [-0.4, -0.2) is 4.57 Å². The van der Waals surface area contributed by atoms with Crippen molar-refractivity contribution in [3.05, 3.63) is 69.8 Å². The van der Waals surface area contributed by atoms with Gasteiger partial charge in [-0.25, -0.2) is 0 Å². The van der Waals surface area contributed by atoms with E-state index >= 15 is 0 Å². The van der Waals surface area contributed by atoms with Gasteiger partial charge in [0.2, 0.25) is 0 Å². The Morgan fingerprint density at radius 2 is 1.91 bits per heavy atom. The number of nitrogens with zero attached hydrogens (tertiary/aromatic N) is 1. The quantitative estimate of drug-likeness (QED) is 0.638. The van der Waals surface area contributed by atoms with Gasteiger partial charge in [-0.05, 0) is 48.6 Å². The number of halogens is 2. The second-order valence-corrected chi connectivity index (χ2v) is 7.01. The summed E-state index contributed by atoms with van der Waals surface area (Å²) < 4.78 is 3.56. The number of benzene rings is 2. The van der Waals surface area contributed by atoms with Gasteiger partial charge in [0.1, 0.15) is 0 Å². The van der Waals surface area contributed by atoms with Crippen LogP contribution < -0.4 is 5.73 Å². The first-order chi connectivity index (χ1) is 10.7. The fourth-order valence-electron chi connectivity index (χ4n) is 3.67. The van der Waals surface area contributed by atoms with Crippen molar-refractivity contribution in [2.75, 3.05) is 0 Å². The highest BCUT2D eigenvalue weighted by Gasteiger charge is 2.25. The predicted molar refractivity (Wildman–Crippen MR) is 102 cm³/mol. The predicted octanol–water partition coefficient (Wildman–Crippen LogP) is 5.21. The number of rotatable bonds is 2. The summed E-state index contributed by atoms with van der Waals surface area (Å²) in [6, 6.07) is 17.4. The Morgan fingerprint density at radius 3 is 2.70 bits per heavy atom. The van der Waals surface area contributed by atoms with Crippen molar-refractivity contribution in [2.45, 2.75) is 31.8 Å². The molecule has 0 spiro atoms. The van der Waals surface area contributed by atoms with Crippen molar-refractivity contribution in [3.63, 3.8) is 0 Å². The van der Waals surface area contributed by atoms with Gasteiger partial charge in [-0.2, -0.15) is 0 Å². The van der Waals surface area contributed by atoms with Gasteiger partial charge >= 0.3 is 0 Å². The van der Waals surface area contributed by atoms with Crippen LogP contribution in [0.1, 0.15) is 35.7 Å². The van der Waals surface area contributed by atoms with E-state index in [1.165, 1.54) is 34.1 Å². The first kappa shape index (κ1) is 16.6. The number of nitrogens with two attached hydrogens (primary N) is 1. The van der Waals surface area contributed by atoms with E-state index in [1.807, 2.05) is 0 Å². The number of aryl methyl sites for hydroxylation is 1. The molecular formula is C19H20BrClN2. The van der Waals surface area contributed by atoms with Gasteiger partial charge in [0.25, 0.3) is 0 Å². The highest BCUT2D eigenvalue weighted by Crippen LogP contribution is 2.37. The molecule has 0 radical (unpaired) electrons. The Kier molecular flexibility index (Phi) is 4.81. The lowest BCUT2D eigenvalue weighted by Gasteiger charge is -2.22. The summed E-state index contributed by atoms with van der Waals surface area (Å²) in [6.45, 7) is 0.891. The number of hydrogen-bond acceptors (Lipinski definition) is 1. The fourth-order valence-corrected chi connectivity index (χ4v) is 4.04. The lowest BCUT2D eigenvalue weighted by Crippen LogP contribution is -2.21. The van der Waals surface area contributed by atoms with Crippen LogP contribution in [0.15, 0.2) is 53.0 Å². The maximum Gasteiger partial charge on any atom is 0.0489 e. The summed E-state index contributed by atoms with van der Waals surface area (Å²) in [6.07, 6.45) is 3.40. The normalized spacial score (nSPS) is 16.9. The van der Waals surface area contributed by atoms with Crippen LogP contribution in [0.3, 0.4) is 0 Å². The van der Waals surface area contributed by atoms with Gasteiger partial charge in [-0.15, -0.1) is 12.4 Å². The van der Waals surface area contributed by atoms with Crippen molar-refractivity contribution >= 4 is 39.2 Å². The van der Waals surface area contributed by atoms with Gasteiger partial charge in [0.15, 0.2) is 0 Å². The van der Waals surface area contributed by atoms with Crippen LogP contribution >= 0.6 is 28.3 Å². The van der Waals surface area contributed by atoms with Crippen LogP contribution in [0.2, 0.25) is 0 Å². The van der Waals surface area contributed by atoms with Crippen LogP contribution in [0.5, 0.6) is 0 Å². The standard InChI is InChI=1S/C19H19BrN2.ClH/c20-14-9-10-18-16(11-14)15-7-4-8-17(21)19(15)22(18)12-13-5-2-1-3-6-13;/h1-3,5-6,9-11,17H,4,7-8,12,21H2;1H. The zero-order valence-electron chi connectivity index (χ0n) is 12.8. The summed E-state index contributed by atoms with van der Waals surface area (Å²) in [7, 11) is 0. The van der Waals surface area contributed by atoms with E-state index in [0.29, 0.717) is 0 Å². The van der Waals surface area contributed by atoms with Crippen LogP contribution in [0.25, 0.3) is 10.9 Å². The minimum absolute atomic E-state index is 0. The SMILES string of the molecule is Cl.NC1CCCc2c1n(Cc1ccccc1)c1ccc(Br)cc21. The second-order valence-electron chi connectivity index (χ2n) is 6.10. The van der Waals surface area contributed by atoms with Crippen molar-refractivity contribution < 1.29 is 0 Å². The summed E-state index contributed by atoms with van der Waals surface area (Å²) in [5.74, 6) is 0. The molecule has 0 aliphatic heterocycles. The third kappa shape index (κ3) is 2.93. The molecule has 1 aliphatic rings. The highest BCUT2D eigenvalue weighted by atomic mass is 79.9. The molecule has 2 aromatic carbocycles. The van der Waals surface area contributed by atoms with Gasteiger partial charge in [-0.1, -0.05) is 46.3 Å². The van der Waals surface area contributed by atoms with Crippen LogP contribution in [0.4, 0.5) is 0 Å². The first-order valence-corrected chi connectivity index (χ1v) is 8.63. The van der Waals surface area contributed by atoms with Gasteiger partial charge in [-0.3, -0.25) is 0 Å². The Hall–Kier alpha value is -1.29. The fraction of sp³-hybridized carbons (Fsp3) is 0.263. The lowest BCUT2D eigenvalue weighted by molar-refractivity contribution is 0.534. The molecule has 1 heterocycles. The minimum atomic E-state index is 0. The highest BCUT2D eigenvalue weighted by molar-refractivity contribution is 9.10. The topological polar surface area (TPSA) is 30.9 Å². The molecule has 3 aromatic rings. The largest absolute Gasteiger partial charge is 0.338 e. The van der Waals surface area contributed by atoms with Gasteiger partial charge < -0.3 is 10.3 Å². The number of fused-ring (bicyclic) bond motifs is 3. The lowest BCUT2D eigenvalue weighted by atomic mass is 9.92. The Labute approximate surface area is 151 Å². The minimum Gasteiger partial charge on any atom is -0.338 e. The van der Waals surface area contributed by atoms with Crippen LogP contribution in [-0.2, 0) is 13.0 Å². The second kappa shape index (κ2) is 6.68. The Bertz CT molecular complexity index is 826. The molecule has 4 heteroatoms. The molecule has 0 bridgehead atoms. The number of hydrogen-bond donors (Lipinski definition) is 1. The molecule has 1 unspecified atom stereocenters. The smallest absolute Gasteiger partial charge is 0.0489 e. The summed E-state index contributed by atoms with van der Waals surface area (Å²) in [5, 5.41) is 1.36. The van der Waals surface area contributed by atoms with E-state index in [0.717, 1.165) is 23.9 Å². The van der Waals surface area contributed by atoms with Crippen LogP contribution in [0, 0.1) is 0 Å². The van der Waals surface area contributed by atoms with E-state index in [2.05, 4.69) is 69.0 Å². The molecule has 0 fully saturated rings. The molecule has 1 atom stereocenters. The molecule has 0 amide bonds.